The summed E-state index contributed by atoms with van der Waals surface area (Å²) in [7, 11) is 0. The molecule has 2 bridgehead atoms. The summed E-state index contributed by atoms with van der Waals surface area (Å²) >= 11 is 0. The smallest absolute Gasteiger partial charge is 0.305 e. The SMILES string of the molecule is Oc1cc(O)c2c(c1)OC1(c3ccc(O)c(O)c3)Oc3cc(O)c4c(c3C2C1O)O[C@H](c1ccc(O)c(O)c1)[C@H](O)C4. The van der Waals surface area contributed by atoms with Crippen LogP contribution in [0.3, 0.4) is 0 Å². The van der Waals surface area contributed by atoms with Crippen LogP contribution in [0.5, 0.6) is 57.5 Å². The van der Waals surface area contributed by atoms with E-state index in [0.29, 0.717) is 5.56 Å². The summed E-state index contributed by atoms with van der Waals surface area (Å²) < 4.78 is 18.6. The van der Waals surface area contributed by atoms with Gasteiger partial charge in [0, 0.05) is 46.9 Å². The van der Waals surface area contributed by atoms with Gasteiger partial charge in [0.05, 0.1) is 12.0 Å². The third-order valence-electron chi connectivity index (χ3n) is 8.03. The van der Waals surface area contributed by atoms with E-state index in [1.807, 2.05) is 0 Å². The molecule has 12 heteroatoms. The van der Waals surface area contributed by atoms with Crippen LogP contribution in [-0.2, 0) is 12.2 Å². The molecule has 9 N–H and O–H groups in total. The van der Waals surface area contributed by atoms with Crippen molar-refractivity contribution in [1.29, 1.82) is 0 Å². The number of hydrogen-bond acceptors (Lipinski definition) is 12. The van der Waals surface area contributed by atoms with Gasteiger partial charge in [-0.1, -0.05) is 6.07 Å². The average molecular weight is 577 g/mol. The molecular weight excluding hydrogens is 552 g/mol. The second kappa shape index (κ2) is 8.65. The van der Waals surface area contributed by atoms with E-state index in [1.165, 1.54) is 42.5 Å². The molecule has 216 valence electrons. The number of rotatable bonds is 2. The third kappa shape index (κ3) is 3.49. The number of aliphatic hydroxyl groups is 2. The number of aromatic hydroxyl groups is 7. The average Bonchev–Trinajstić information content (AvgIpc) is 2.92. The molecular formula is C30H24O12. The summed E-state index contributed by atoms with van der Waals surface area (Å²) in [6.45, 7) is 0. The molecule has 0 fully saturated rings. The minimum atomic E-state index is -2.09. The molecule has 0 aliphatic carbocycles. The predicted molar refractivity (Wildman–Crippen MR) is 141 cm³/mol. The zero-order valence-electron chi connectivity index (χ0n) is 21.5. The van der Waals surface area contributed by atoms with E-state index in [2.05, 4.69) is 0 Å². The first kappa shape index (κ1) is 25.7. The van der Waals surface area contributed by atoms with Crippen molar-refractivity contribution in [3.63, 3.8) is 0 Å². The van der Waals surface area contributed by atoms with Crippen LogP contribution in [0.4, 0.5) is 0 Å². The lowest BCUT2D eigenvalue weighted by Crippen LogP contribution is -2.57. The number of phenols is 7. The monoisotopic (exact) mass is 576 g/mol. The van der Waals surface area contributed by atoms with Crippen molar-refractivity contribution < 1.29 is 60.2 Å². The molecule has 0 saturated carbocycles. The van der Waals surface area contributed by atoms with Crippen LogP contribution in [0.25, 0.3) is 0 Å². The van der Waals surface area contributed by atoms with Crippen molar-refractivity contribution in [3.8, 4) is 57.5 Å². The number of aliphatic hydroxyl groups excluding tert-OH is 2. The lowest BCUT2D eigenvalue weighted by atomic mass is 9.74. The Balaban J connectivity index is 1.47. The molecule has 3 unspecified atom stereocenters. The first-order valence-electron chi connectivity index (χ1n) is 12.9. The van der Waals surface area contributed by atoms with Crippen LogP contribution in [-0.4, -0.2) is 58.2 Å². The highest BCUT2D eigenvalue weighted by Gasteiger charge is 2.60. The summed E-state index contributed by atoms with van der Waals surface area (Å²) in [4.78, 5) is 0. The molecule has 0 radical (unpaired) electrons. The molecule has 3 aliphatic heterocycles. The largest absolute Gasteiger partial charge is 0.508 e. The number of benzene rings is 4. The molecule has 7 rings (SSSR count). The maximum absolute atomic E-state index is 11.9. The topological polar surface area (TPSA) is 210 Å². The molecule has 5 atom stereocenters. The number of hydrogen-bond donors (Lipinski definition) is 9. The molecule has 42 heavy (non-hydrogen) atoms. The summed E-state index contributed by atoms with van der Waals surface area (Å²) in [5.74, 6) is -6.11. The maximum atomic E-state index is 11.9. The predicted octanol–water partition coefficient (Wildman–Crippen LogP) is 2.79. The van der Waals surface area contributed by atoms with Gasteiger partial charge in [0.1, 0.15) is 46.7 Å². The van der Waals surface area contributed by atoms with E-state index < -0.39 is 53.0 Å². The van der Waals surface area contributed by atoms with Gasteiger partial charge in [-0.15, -0.1) is 0 Å². The first-order chi connectivity index (χ1) is 20.0. The van der Waals surface area contributed by atoms with Gasteiger partial charge < -0.3 is 60.2 Å². The Labute approximate surface area is 236 Å². The highest BCUT2D eigenvalue weighted by Crippen LogP contribution is 2.62. The van der Waals surface area contributed by atoms with Gasteiger partial charge in [0.2, 0.25) is 0 Å². The van der Waals surface area contributed by atoms with Crippen molar-refractivity contribution in [1.82, 2.24) is 0 Å². The minimum Gasteiger partial charge on any atom is -0.508 e. The zero-order valence-corrected chi connectivity index (χ0v) is 21.5. The Hall–Kier alpha value is -5.20. The molecule has 0 aromatic heterocycles. The van der Waals surface area contributed by atoms with Gasteiger partial charge in [-0.05, 0) is 35.9 Å². The number of fused-ring (bicyclic) bond motifs is 8. The van der Waals surface area contributed by atoms with E-state index in [9.17, 15) is 46.0 Å². The summed E-state index contributed by atoms with van der Waals surface area (Å²) in [5.41, 5.74) is 0.842. The molecule has 0 saturated heterocycles. The Bertz CT molecular complexity index is 1790. The Kier molecular flexibility index (Phi) is 5.30. The second-order valence-corrected chi connectivity index (χ2v) is 10.5. The van der Waals surface area contributed by atoms with E-state index in [-0.39, 0.29) is 63.2 Å². The van der Waals surface area contributed by atoms with Gasteiger partial charge in [-0.3, -0.25) is 0 Å². The van der Waals surface area contributed by atoms with Gasteiger partial charge >= 0.3 is 5.79 Å². The van der Waals surface area contributed by atoms with Gasteiger partial charge in [0.25, 0.3) is 0 Å². The third-order valence-corrected chi connectivity index (χ3v) is 8.03. The highest BCUT2D eigenvalue weighted by atomic mass is 16.7. The Morgan fingerprint density at radius 2 is 1.31 bits per heavy atom. The fraction of sp³-hybridized carbons (Fsp3) is 0.200. The lowest BCUT2D eigenvalue weighted by molar-refractivity contribution is -0.219. The van der Waals surface area contributed by atoms with Crippen LogP contribution in [0.2, 0.25) is 0 Å². The van der Waals surface area contributed by atoms with Crippen molar-refractivity contribution in [2.75, 3.05) is 0 Å². The molecule has 3 aliphatic rings. The fourth-order valence-electron chi connectivity index (χ4n) is 6.09. The molecule has 0 spiro atoms. The quantitative estimate of drug-likeness (QED) is 0.158. The van der Waals surface area contributed by atoms with Crippen molar-refractivity contribution in [2.24, 2.45) is 0 Å². The minimum absolute atomic E-state index is 0.0177. The standard InChI is InChI=1S/C30H24O12/c31-13-7-20(37)24-22(8-13)41-30(12-2-4-16(33)19(36)6-12)29(39)26(24)25-23(42-30)10-17(34)14-9-21(38)27(40-28(14)25)11-1-3-15(32)18(35)5-11/h1-8,10,21,26-27,29,31-39H,9H2/t21-,26?,27-,29?,30?/m1/s1. The first-order valence-corrected chi connectivity index (χ1v) is 12.9. The Morgan fingerprint density at radius 3 is 2.00 bits per heavy atom. The maximum Gasteiger partial charge on any atom is 0.305 e. The van der Waals surface area contributed by atoms with Crippen LogP contribution >= 0.6 is 0 Å². The van der Waals surface area contributed by atoms with E-state index in [4.69, 9.17) is 14.2 Å². The highest BCUT2D eigenvalue weighted by molar-refractivity contribution is 5.68. The number of phenolic OH excluding ortho intramolecular Hbond substituents is 7. The van der Waals surface area contributed by atoms with E-state index >= 15 is 0 Å². The molecule has 12 nitrogen and oxygen atoms in total. The van der Waals surface area contributed by atoms with Crippen molar-refractivity contribution in [3.05, 3.63) is 82.4 Å². The van der Waals surface area contributed by atoms with Crippen molar-refractivity contribution >= 4 is 0 Å². The fourth-order valence-corrected chi connectivity index (χ4v) is 6.09. The van der Waals surface area contributed by atoms with Gasteiger partial charge in [0.15, 0.2) is 23.0 Å². The molecule has 3 heterocycles. The molecule has 0 amide bonds. The zero-order chi connectivity index (χ0) is 29.7. The summed E-state index contributed by atoms with van der Waals surface area (Å²) in [5, 5.41) is 95.1. The second-order valence-electron chi connectivity index (χ2n) is 10.5. The van der Waals surface area contributed by atoms with Gasteiger partial charge in [-0.2, -0.15) is 0 Å². The van der Waals surface area contributed by atoms with E-state index in [0.717, 1.165) is 12.1 Å². The number of ether oxygens (including phenoxy) is 3. The van der Waals surface area contributed by atoms with Gasteiger partial charge in [-0.25, -0.2) is 0 Å². The summed E-state index contributed by atoms with van der Waals surface area (Å²) in [6, 6.07) is 11.1. The van der Waals surface area contributed by atoms with Crippen molar-refractivity contribution in [2.45, 2.75) is 36.4 Å². The lowest BCUT2D eigenvalue weighted by Gasteiger charge is -2.50. The van der Waals surface area contributed by atoms with Crippen LogP contribution in [0.1, 0.15) is 39.8 Å². The molecule has 4 aromatic carbocycles. The van der Waals surface area contributed by atoms with Crippen LogP contribution < -0.4 is 14.2 Å². The molecule has 4 aromatic rings. The van der Waals surface area contributed by atoms with E-state index in [1.54, 1.807) is 0 Å². The normalized spacial score (nSPS) is 25.2. The summed E-state index contributed by atoms with van der Waals surface area (Å²) in [6.07, 6.45) is -4.00. The van der Waals surface area contributed by atoms with Crippen LogP contribution in [0.15, 0.2) is 54.6 Å². The van der Waals surface area contributed by atoms with Crippen LogP contribution in [0, 0.1) is 0 Å². The Morgan fingerprint density at radius 1 is 0.643 bits per heavy atom.